The highest BCUT2D eigenvalue weighted by Crippen LogP contribution is 2.13. The first-order chi connectivity index (χ1) is 13.2. The van der Waals surface area contributed by atoms with Crippen LogP contribution in [0.2, 0.25) is 0 Å². The lowest BCUT2D eigenvalue weighted by atomic mass is 10.0. The number of unbranched alkanes of at least 4 members (excludes halogenated alkanes) is 15. The number of hydrogen-bond acceptors (Lipinski definition) is 3. The van der Waals surface area contributed by atoms with Crippen molar-refractivity contribution in [2.45, 2.75) is 122 Å². The molecule has 0 spiro atoms. The summed E-state index contributed by atoms with van der Waals surface area (Å²) >= 11 is 0. The first-order valence-corrected chi connectivity index (χ1v) is 12.0. The van der Waals surface area contributed by atoms with Crippen molar-refractivity contribution in [3.05, 3.63) is 0 Å². The Morgan fingerprint density at radius 2 is 1.07 bits per heavy atom. The predicted molar refractivity (Wildman–Crippen MR) is 118 cm³/mol. The fourth-order valence-electron chi connectivity index (χ4n) is 3.43. The number of hydrogen-bond donors (Lipinski definition) is 0. The van der Waals surface area contributed by atoms with E-state index in [0.29, 0.717) is 13.0 Å². The number of esters is 1. The number of carbonyl (C=O) groups is 1. The molecule has 0 heterocycles. The van der Waals surface area contributed by atoms with Crippen LogP contribution in [0.5, 0.6) is 0 Å². The van der Waals surface area contributed by atoms with Crippen molar-refractivity contribution in [2.75, 3.05) is 27.2 Å². The molecule has 0 aliphatic rings. The minimum absolute atomic E-state index is 0.00505. The molecule has 3 nitrogen and oxygen atoms in total. The molecule has 0 aromatic carbocycles. The van der Waals surface area contributed by atoms with Crippen molar-refractivity contribution in [3.8, 4) is 0 Å². The Labute approximate surface area is 170 Å². The van der Waals surface area contributed by atoms with E-state index in [1.54, 1.807) is 0 Å². The van der Waals surface area contributed by atoms with Crippen LogP contribution in [-0.4, -0.2) is 38.1 Å². The van der Waals surface area contributed by atoms with Crippen molar-refractivity contribution >= 4 is 5.97 Å². The van der Waals surface area contributed by atoms with Crippen molar-refractivity contribution < 1.29 is 9.53 Å². The van der Waals surface area contributed by atoms with Crippen LogP contribution in [0.4, 0.5) is 0 Å². The van der Waals surface area contributed by atoms with Crippen LogP contribution >= 0.6 is 0 Å². The van der Waals surface area contributed by atoms with Crippen molar-refractivity contribution in [2.24, 2.45) is 0 Å². The lowest BCUT2D eigenvalue weighted by Crippen LogP contribution is -2.14. The maximum Gasteiger partial charge on any atom is 0.305 e. The summed E-state index contributed by atoms with van der Waals surface area (Å²) in [4.78, 5) is 13.8. The highest BCUT2D eigenvalue weighted by Gasteiger charge is 2.02. The molecular weight excluding hydrogens is 334 g/mol. The van der Waals surface area contributed by atoms with Gasteiger partial charge in [0.1, 0.15) is 0 Å². The van der Waals surface area contributed by atoms with Gasteiger partial charge in [-0.2, -0.15) is 0 Å². The van der Waals surface area contributed by atoms with Gasteiger partial charge in [-0.15, -0.1) is 0 Å². The molecule has 0 rings (SSSR count). The topological polar surface area (TPSA) is 29.5 Å². The molecule has 0 fully saturated rings. The van der Waals surface area contributed by atoms with E-state index >= 15 is 0 Å². The molecule has 0 aromatic heterocycles. The zero-order valence-electron chi connectivity index (χ0n) is 18.9. The first-order valence-electron chi connectivity index (χ1n) is 12.0. The second-order valence-corrected chi connectivity index (χ2v) is 8.43. The molecule has 0 N–H and O–H groups in total. The van der Waals surface area contributed by atoms with E-state index in [9.17, 15) is 4.79 Å². The summed E-state index contributed by atoms with van der Waals surface area (Å²) in [6, 6.07) is 0. The number of nitrogens with zero attached hydrogens (tertiary/aromatic N) is 1. The van der Waals surface area contributed by atoms with Gasteiger partial charge >= 0.3 is 5.97 Å². The van der Waals surface area contributed by atoms with E-state index in [1.807, 2.05) is 0 Å². The largest absolute Gasteiger partial charge is 0.466 e. The van der Waals surface area contributed by atoms with Crippen molar-refractivity contribution in [1.29, 1.82) is 0 Å². The molecule has 27 heavy (non-hydrogen) atoms. The Morgan fingerprint density at radius 3 is 1.52 bits per heavy atom. The normalized spacial score (nSPS) is 11.3. The summed E-state index contributed by atoms with van der Waals surface area (Å²) in [5.41, 5.74) is 0. The molecule has 0 aliphatic heterocycles. The molecule has 0 atom stereocenters. The van der Waals surface area contributed by atoms with Gasteiger partial charge in [0.15, 0.2) is 0 Å². The van der Waals surface area contributed by atoms with Gasteiger partial charge in [0, 0.05) is 6.42 Å². The van der Waals surface area contributed by atoms with Crippen molar-refractivity contribution in [1.82, 2.24) is 4.90 Å². The number of ether oxygens (including phenoxy) is 1. The molecule has 0 radical (unpaired) electrons. The van der Waals surface area contributed by atoms with Crippen LogP contribution in [0, 0.1) is 0 Å². The molecule has 3 heteroatoms. The predicted octanol–water partition coefficient (Wildman–Crippen LogP) is 7.13. The standard InChI is InChI=1S/C24H49NO2/c1-4-5-6-7-8-9-10-11-12-13-14-15-16-17-18-21-24(26)27-23-20-19-22-25(2)3/h4-23H2,1-3H3. The third kappa shape index (κ3) is 23.4. The van der Waals surface area contributed by atoms with Gasteiger partial charge in [-0.1, -0.05) is 96.8 Å². The lowest BCUT2D eigenvalue weighted by molar-refractivity contribution is -0.143. The van der Waals surface area contributed by atoms with E-state index in [1.165, 1.54) is 89.9 Å². The van der Waals surface area contributed by atoms with Crippen LogP contribution in [0.15, 0.2) is 0 Å². The summed E-state index contributed by atoms with van der Waals surface area (Å²) in [6.07, 6.45) is 23.0. The molecule has 0 unspecified atom stereocenters. The van der Waals surface area contributed by atoms with Crippen LogP contribution < -0.4 is 0 Å². The van der Waals surface area contributed by atoms with Crippen LogP contribution in [-0.2, 0) is 9.53 Å². The van der Waals surface area contributed by atoms with Crippen LogP contribution in [0.25, 0.3) is 0 Å². The summed E-state index contributed by atoms with van der Waals surface area (Å²) in [6.45, 7) is 3.94. The van der Waals surface area contributed by atoms with Gasteiger partial charge in [0.05, 0.1) is 6.61 Å². The molecule has 0 saturated heterocycles. The fourth-order valence-corrected chi connectivity index (χ4v) is 3.43. The quantitative estimate of drug-likeness (QED) is 0.156. The van der Waals surface area contributed by atoms with Gasteiger partial charge in [0.25, 0.3) is 0 Å². The highest BCUT2D eigenvalue weighted by atomic mass is 16.5. The second kappa shape index (κ2) is 21.7. The first kappa shape index (κ1) is 26.4. The summed E-state index contributed by atoms with van der Waals surface area (Å²) in [7, 11) is 4.14. The Bertz CT molecular complexity index is 305. The van der Waals surface area contributed by atoms with E-state index in [0.717, 1.165) is 25.8 Å². The SMILES string of the molecule is CCCCCCCCCCCCCCCCCC(=O)OCCCCN(C)C. The fraction of sp³-hybridized carbons (Fsp3) is 0.958. The minimum atomic E-state index is -0.00505. The molecule has 162 valence electrons. The Kier molecular flexibility index (Phi) is 21.3. The third-order valence-electron chi connectivity index (χ3n) is 5.25. The van der Waals surface area contributed by atoms with Gasteiger partial charge < -0.3 is 9.64 Å². The summed E-state index contributed by atoms with van der Waals surface area (Å²) < 4.78 is 5.29. The highest BCUT2D eigenvalue weighted by molar-refractivity contribution is 5.69. The number of carbonyl (C=O) groups excluding carboxylic acids is 1. The molecule has 0 saturated carbocycles. The lowest BCUT2D eigenvalue weighted by Gasteiger charge is -2.09. The van der Waals surface area contributed by atoms with Gasteiger partial charge in [-0.25, -0.2) is 0 Å². The Morgan fingerprint density at radius 1 is 0.630 bits per heavy atom. The van der Waals surface area contributed by atoms with Gasteiger partial charge in [-0.3, -0.25) is 4.79 Å². The second-order valence-electron chi connectivity index (χ2n) is 8.43. The van der Waals surface area contributed by atoms with E-state index in [-0.39, 0.29) is 5.97 Å². The smallest absolute Gasteiger partial charge is 0.305 e. The number of rotatable bonds is 21. The Hall–Kier alpha value is -0.570. The summed E-state index contributed by atoms with van der Waals surface area (Å²) in [5, 5.41) is 0. The average Bonchev–Trinajstić information content (AvgIpc) is 2.64. The summed E-state index contributed by atoms with van der Waals surface area (Å²) in [5.74, 6) is -0.00505. The van der Waals surface area contributed by atoms with Gasteiger partial charge in [0.2, 0.25) is 0 Å². The molecule has 0 amide bonds. The van der Waals surface area contributed by atoms with Crippen LogP contribution in [0.3, 0.4) is 0 Å². The average molecular weight is 384 g/mol. The van der Waals surface area contributed by atoms with Crippen molar-refractivity contribution in [3.63, 3.8) is 0 Å². The van der Waals surface area contributed by atoms with Crippen LogP contribution in [0.1, 0.15) is 122 Å². The zero-order chi connectivity index (χ0) is 20.0. The minimum Gasteiger partial charge on any atom is -0.466 e. The van der Waals surface area contributed by atoms with Gasteiger partial charge in [-0.05, 0) is 39.9 Å². The molecule has 0 bridgehead atoms. The van der Waals surface area contributed by atoms with E-state index in [2.05, 4.69) is 25.9 Å². The maximum absolute atomic E-state index is 11.6. The maximum atomic E-state index is 11.6. The zero-order valence-corrected chi connectivity index (χ0v) is 18.9. The molecule has 0 aliphatic carbocycles. The Balaban J connectivity index is 3.12. The monoisotopic (exact) mass is 383 g/mol. The third-order valence-corrected chi connectivity index (χ3v) is 5.25. The van der Waals surface area contributed by atoms with E-state index in [4.69, 9.17) is 4.74 Å². The molecule has 0 aromatic rings. The van der Waals surface area contributed by atoms with E-state index < -0.39 is 0 Å². The molecular formula is C24H49NO2.